The Bertz CT molecular complexity index is 543. The normalized spacial score (nSPS) is 12.9. The summed E-state index contributed by atoms with van der Waals surface area (Å²) in [5.41, 5.74) is 2.29. The van der Waals surface area contributed by atoms with Gasteiger partial charge in [0.1, 0.15) is 11.3 Å². The van der Waals surface area contributed by atoms with Gasteiger partial charge in [-0.2, -0.15) is 0 Å². The molecule has 21 heavy (non-hydrogen) atoms. The highest BCUT2D eigenvalue weighted by molar-refractivity contribution is 5.78. The van der Waals surface area contributed by atoms with Gasteiger partial charge in [0.15, 0.2) is 0 Å². The van der Waals surface area contributed by atoms with Crippen molar-refractivity contribution in [3.05, 3.63) is 35.6 Å². The van der Waals surface area contributed by atoms with E-state index < -0.39 is 0 Å². The number of hydrogen-bond donors (Lipinski definition) is 1. The predicted molar refractivity (Wildman–Crippen MR) is 90.7 cm³/mol. The topological polar surface area (TPSA) is 25.2 Å². The summed E-state index contributed by atoms with van der Waals surface area (Å²) in [6, 6.07) is 8.96. The third kappa shape index (κ3) is 4.60. The number of rotatable bonds is 9. The van der Waals surface area contributed by atoms with Gasteiger partial charge in [0, 0.05) is 5.39 Å². The van der Waals surface area contributed by atoms with Gasteiger partial charge in [-0.25, -0.2) is 0 Å². The summed E-state index contributed by atoms with van der Waals surface area (Å²) in [6.07, 6.45) is 7.78. The monoisotopic (exact) mass is 287 g/mol. The average molecular weight is 287 g/mol. The van der Waals surface area contributed by atoms with Gasteiger partial charge in [0.05, 0.1) is 6.04 Å². The Balaban J connectivity index is 2.01. The first-order valence-electron chi connectivity index (χ1n) is 8.48. The Morgan fingerprint density at radius 3 is 2.62 bits per heavy atom. The van der Waals surface area contributed by atoms with Crippen LogP contribution in [0.15, 0.2) is 28.7 Å². The molecule has 0 saturated heterocycles. The van der Waals surface area contributed by atoms with Crippen LogP contribution in [0.5, 0.6) is 0 Å². The van der Waals surface area contributed by atoms with E-state index in [-0.39, 0.29) is 0 Å². The summed E-state index contributed by atoms with van der Waals surface area (Å²) in [7, 11) is 0. The molecule has 0 radical (unpaired) electrons. The van der Waals surface area contributed by atoms with Crippen molar-refractivity contribution in [3.8, 4) is 0 Å². The van der Waals surface area contributed by atoms with Crippen molar-refractivity contribution in [2.45, 2.75) is 65.3 Å². The number of aryl methyl sites for hydroxylation is 1. The molecule has 1 heterocycles. The van der Waals surface area contributed by atoms with E-state index in [0.717, 1.165) is 24.3 Å². The van der Waals surface area contributed by atoms with Gasteiger partial charge in [-0.05, 0) is 38.1 Å². The second-order valence-corrected chi connectivity index (χ2v) is 6.00. The Kier molecular flexibility index (Phi) is 6.31. The zero-order valence-corrected chi connectivity index (χ0v) is 13.7. The minimum absolute atomic E-state index is 0.351. The van der Waals surface area contributed by atoms with E-state index in [1.807, 2.05) is 0 Å². The Labute approximate surface area is 128 Å². The molecule has 1 aromatic carbocycles. The van der Waals surface area contributed by atoms with E-state index in [1.165, 1.54) is 43.1 Å². The Hall–Kier alpha value is -1.28. The van der Waals surface area contributed by atoms with Crippen molar-refractivity contribution >= 4 is 11.0 Å². The van der Waals surface area contributed by atoms with Gasteiger partial charge >= 0.3 is 0 Å². The lowest BCUT2D eigenvalue weighted by molar-refractivity contribution is 0.403. The van der Waals surface area contributed by atoms with Crippen LogP contribution in [0.25, 0.3) is 11.0 Å². The summed E-state index contributed by atoms with van der Waals surface area (Å²) >= 11 is 0. The van der Waals surface area contributed by atoms with Crippen molar-refractivity contribution in [2.75, 3.05) is 6.54 Å². The molecule has 1 aromatic heterocycles. The smallest absolute Gasteiger partial charge is 0.134 e. The second-order valence-electron chi connectivity index (χ2n) is 6.00. The molecule has 2 nitrogen and oxygen atoms in total. The van der Waals surface area contributed by atoms with Gasteiger partial charge in [-0.15, -0.1) is 0 Å². The minimum Gasteiger partial charge on any atom is -0.459 e. The number of unbranched alkanes of at least 4 members (excludes halogenated alkanes) is 4. The molecule has 0 aliphatic rings. The standard InChI is InChI=1S/C19H29NO/c1-4-6-7-8-9-10-17(20-5-2)19-14-16-13-15(3)11-12-18(16)21-19/h11-14,17,20H,4-10H2,1-3H3. The number of furan rings is 1. The van der Waals surface area contributed by atoms with Gasteiger partial charge in [-0.3, -0.25) is 0 Å². The van der Waals surface area contributed by atoms with Crippen LogP contribution in [0.2, 0.25) is 0 Å². The number of fused-ring (bicyclic) bond motifs is 1. The van der Waals surface area contributed by atoms with Crippen molar-refractivity contribution < 1.29 is 4.42 Å². The van der Waals surface area contributed by atoms with Crippen LogP contribution >= 0.6 is 0 Å². The lowest BCUT2D eigenvalue weighted by atomic mass is 10.0. The maximum atomic E-state index is 6.05. The Morgan fingerprint density at radius 1 is 1.05 bits per heavy atom. The first kappa shape index (κ1) is 16.1. The van der Waals surface area contributed by atoms with Gasteiger partial charge in [0.25, 0.3) is 0 Å². The molecule has 2 rings (SSSR count). The molecular weight excluding hydrogens is 258 g/mol. The second kappa shape index (κ2) is 8.23. The first-order valence-corrected chi connectivity index (χ1v) is 8.48. The minimum atomic E-state index is 0.351. The summed E-state index contributed by atoms with van der Waals surface area (Å²) in [6.45, 7) is 7.53. The fraction of sp³-hybridized carbons (Fsp3) is 0.579. The third-order valence-electron chi connectivity index (χ3n) is 4.08. The van der Waals surface area contributed by atoms with Crippen molar-refractivity contribution in [2.24, 2.45) is 0 Å². The molecule has 116 valence electrons. The van der Waals surface area contributed by atoms with Crippen LogP contribution in [0.1, 0.15) is 69.7 Å². The number of hydrogen-bond acceptors (Lipinski definition) is 2. The molecular formula is C19H29NO. The summed E-state index contributed by atoms with van der Waals surface area (Å²) < 4.78 is 6.05. The van der Waals surface area contributed by atoms with E-state index in [9.17, 15) is 0 Å². The quantitative estimate of drug-likeness (QED) is 0.594. The molecule has 0 amide bonds. The maximum Gasteiger partial charge on any atom is 0.134 e. The third-order valence-corrected chi connectivity index (χ3v) is 4.08. The molecule has 0 aliphatic heterocycles. The largest absolute Gasteiger partial charge is 0.459 e. The van der Waals surface area contributed by atoms with Crippen LogP contribution in [-0.2, 0) is 0 Å². The molecule has 0 spiro atoms. The Morgan fingerprint density at radius 2 is 1.86 bits per heavy atom. The van der Waals surface area contributed by atoms with Crippen molar-refractivity contribution in [3.63, 3.8) is 0 Å². The predicted octanol–water partition coefficient (Wildman–Crippen LogP) is 5.75. The van der Waals surface area contributed by atoms with Gasteiger partial charge in [-0.1, -0.05) is 57.6 Å². The highest BCUT2D eigenvalue weighted by Gasteiger charge is 2.15. The fourth-order valence-corrected chi connectivity index (χ4v) is 2.90. The zero-order valence-electron chi connectivity index (χ0n) is 13.7. The van der Waals surface area contributed by atoms with Gasteiger partial charge < -0.3 is 9.73 Å². The van der Waals surface area contributed by atoms with Gasteiger partial charge in [0.2, 0.25) is 0 Å². The van der Waals surface area contributed by atoms with Crippen LogP contribution in [0, 0.1) is 6.92 Å². The van der Waals surface area contributed by atoms with E-state index in [2.05, 4.69) is 50.4 Å². The van der Waals surface area contributed by atoms with Crippen LogP contribution < -0.4 is 5.32 Å². The van der Waals surface area contributed by atoms with E-state index in [4.69, 9.17) is 4.42 Å². The van der Waals surface area contributed by atoms with Crippen LogP contribution in [-0.4, -0.2) is 6.54 Å². The fourth-order valence-electron chi connectivity index (χ4n) is 2.90. The molecule has 1 atom stereocenters. The number of nitrogens with one attached hydrogen (secondary N) is 1. The molecule has 2 aromatic rings. The molecule has 0 aliphatic carbocycles. The first-order chi connectivity index (χ1) is 10.2. The summed E-state index contributed by atoms with van der Waals surface area (Å²) in [5.74, 6) is 1.09. The molecule has 0 fully saturated rings. The number of benzene rings is 1. The average Bonchev–Trinajstić information content (AvgIpc) is 2.88. The molecule has 1 N–H and O–H groups in total. The van der Waals surface area contributed by atoms with Crippen LogP contribution in [0.4, 0.5) is 0 Å². The van der Waals surface area contributed by atoms with E-state index in [1.54, 1.807) is 0 Å². The van der Waals surface area contributed by atoms with E-state index in [0.29, 0.717) is 6.04 Å². The lowest BCUT2D eigenvalue weighted by Gasteiger charge is -2.15. The summed E-state index contributed by atoms with van der Waals surface area (Å²) in [4.78, 5) is 0. The molecule has 0 bridgehead atoms. The van der Waals surface area contributed by atoms with Crippen molar-refractivity contribution in [1.29, 1.82) is 0 Å². The molecule has 1 unspecified atom stereocenters. The maximum absolute atomic E-state index is 6.05. The van der Waals surface area contributed by atoms with Crippen LogP contribution in [0.3, 0.4) is 0 Å². The van der Waals surface area contributed by atoms with E-state index >= 15 is 0 Å². The molecule has 2 heteroatoms. The van der Waals surface area contributed by atoms with Crippen molar-refractivity contribution in [1.82, 2.24) is 5.32 Å². The lowest BCUT2D eigenvalue weighted by Crippen LogP contribution is -2.20. The summed E-state index contributed by atoms with van der Waals surface area (Å²) in [5, 5.41) is 4.79. The molecule has 0 saturated carbocycles. The highest BCUT2D eigenvalue weighted by atomic mass is 16.3. The SMILES string of the molecule is CCCCCCCC(NCC)c1cc2cc(C)ccc2o1. The highest BCUT2D eigenvalue weighted by Crippen LogP contribution is 2.27. The zero-order chi connectivity index (χ0) is 15.1.